The summed E-state index contributed by atoms with van der Waals surface area (Å²) in [6, 6.07) is 6.05. The maximum atomic E-state index is 11.1. The minimum absolute atomic E-state index is 0.461. The van der Waals surface area contributed by atoms with Crippen LogP contribution in [0.4, 0.5) is 0 Å². The number of aromatic carboxylic acids is 1. The molecule has 0 amide bonds. The van der Waals surface area contributed by atoms with Crippen molar-refractivity contribution >= 4 is 5.97 Å². The molecule has 0 atom stereocenters. The van der Waals surface area contributed by atoms with Crippen molar-refractivity contribution in [3.8, 4) is 0 Å². The van der Waals surface area contributed by atoms with Gasteiger partial charge in [-0.25, -0.2) is 4.79 Å². The normalized spacial score (nSPS) is 16.2. The Balaban J connectivity index is 2.38. The molecule has 0 unspecified atom stereocenters. The van der Waals surface area contributed by atoms with Crippen molar-refractivity contribution in [2.75, 3.05) is 6.54 Å². The molecule has 3 heteroatoms. The van der Waals surface area contributed by atoms with E-state index in [1.54, 1.807) is 6.07 Å². The van der Waals surface area contributed by atoms with Crippen LogP contribution in [-0.2, 0) is 13.0 Å². The molecule has 0 bridgehead atoms. The zero-order valence-electron chi connectivity index (χ0n) is 9.73. The smallest absolute Gasteiger partial charge is 0.336 e. The van der Waals surface area contributed by atoms with Crippen LogP contribution in [0.2, 0.25) is 0 Å². The van der Waals surface area contributed by atoms with Crippen LogP contribution in [0, 0.1) is 0 Å². The highest BCUT2D eigenvalue weighted by molar-refractivity contribution is 5.89. The molecular weight excluding hydrogens is 202 g/mol. The molecule has 1 aromatic carbocycles. The van der Waals surface area contributed by atoms with Gasteiger partial charge in [0.1, 0.15) is 0 Å². The van der Waals surface area contributed by atoms with E-state index in [0.29, 0.717) is 11.6 Å². The molecule has 2 rings (SSSR count). The quantitative estimate of drug-likeness (QED) is 0.828. The molecular formula is C13H17NO2. The molecule has 0 saturated carbocycles. The van der Waals surface area contributed by atoms with Crippen LogP contribution in [0.25, 0.3) is 0 Å². The van der Waals surface area contributed by atoms with Crippen LogP contribution < -0.4 is 0 Å². The molecule has 0 spiro atoms. The average molecular weight is 219 g/mol. The molecule has 1 aromatic rings. The summed E-state index contributed by atoms with van der Waals surface area (Å²) in [5.41, 5.74) is 2.65. The van der Waals surface area contributed by atoms with Gasteiger partial charge in [-0.3, -0.25) is 4.90 Å². The number of hydrogen-bond acceptors (Lipinski definition) is 2. The van der Waals surface area contributed by atoms with Gasteiger partial charge in [0, 0.05) is 19.1 Å². The first-order valence-corrected chi connectivity index (χ1v) is 5.67. The first-order chi connectivity index (χ1) is 7.59. The van der Waals surface area contributed by atoms with Gasteiger partial charge in [-0.05, 0) is 37.5 Å². The minimum atomic E-state index is -0.817. The molecule has 0 saturated heterocycles. The average Bonchev–Trinajstić information content (AvgIpc) is 2.27. The van der Waals surface area contributed by atoms with E-state index in [1.807, 2.05) is 12.1 Å². The molecule has 1 heterocycles. The molecule has 0 radical (unpaired) electrons. The Morgan fingerprint density at radius 1 is 1.44 bits per heavy atom. The third-order valence-corrected chi connectivity index (χ3v) is 3.26. The first kappa shape index (κ1) is 11.1. The summed E-state index contributed by atoms with van der Waals surface area (Å²) in [4.78, 5) is 13.4. The number of rotatable bonds is 2. The molecule has 1 aliphatic rings. The molecule has 3 nitrogen and oxygen atoms in total. The second kappa shape index (κ2) is 4.26. The third-order valence-electron chi connectivity index (χ3n) is 3.26. The van der Waals surface area contributed by atoms with Crippen LogP contribution >= 0.6 is 0 Å². The van der Waals surface area contributed by atoms with Gasteiger partial charge < -0.3 is 5.11 Å². The van der Waals surface area contributed by atoms with E-state index in [0.717, 1.165) is 25.1 Å². The number of carboxylic acids is 1. The van der Waals surface area contributed by atoms with Crippen molar-refractivity contribution in [2.45, 2.75) is 32.9 Å². The zero-order chi connectivity index (χ0) is 11.7. The van der Waals surface area contributed by atoms with Crippen molar-refractivity contribution in [1.82, 2.24) is 4.90 Å². The van der Waals surface area contributed by atoms with Gasteiger partial charge >= 0.3 is 5.97 Å². The lowest BCUT2D eigenvalue weighted by atomic mass is 9.94. The van der Waals surface area contributed by atoms with Gasteiger partial charge in [0.15, 0.2) is 0 Å². The Bertz CT molecular complexity index is 412. The van der Waals surface area contributed by atoms with Crippen molar-refractivity contribution < 1.29 is 9.90 Å². The predicted molar refractivity (Wildman–Crippen MR) is 62.7 cm³/mol. The van der Waals surface area contributed by atoms with Crippen LogP contribution in [0.15, 0.2) is 18.2 Å². The summed E-state index contributed by atoms with van der Waals surface area (Å²) in [5.74, 6) is -0.817. The molecule has 1 N–H and O–H groups in total. The monoisotopic (exact) mass is 219 g/mol. The SMILES string of the molecule is CC(C)N1CCc2cccc(C(=O)O)c2C1. The van der Waals surface area contributed by atoms with Crippen LogP contribution in [0.5, 0.6) is 0 Å². The lowest BCUT2D eigenvalue weighted by Crippen LogP contribution is -2.36. The standard InChI is InChI=1S/C13H17NO2/c1-9(2)14-7-6-10-4-3-5-11(13(15)16)12(10)8-14/h3-5,9H,6-8H2,1-2H3,(H,15,16). The van der Waals surface area contributed by atoms with E-state index in [1.165, 1.54) is 5.56 Å². The van der Waals surface area contributed by atoms with Gasteiger partial charge in [0.2, 0.25) is 0 Å². The van der Waals surface area contributed by atoms with Gasteiger partial charge in [0.05, 0.1) is 5.56 Å². The van der Waals surface area contributed by atoms with Gasteiger partial charge in [-0.2, -0.15) is 0 Å². The van der Waals surface area contributed by atoms with Crippen molar-refractivity contribution in [2.24, 2.45) is 0 Å². The van der Waals surface area contributed by atoms with Crippen LogP contribution in [-0.4, -0.2) is 28.6 Å². The molecule has 86 valence electrons. The Morgan fingerprint density at radius 2 is 2.19 bits per heavy atom. The number of carbonyl (C=O) groups is 1. The third kappa shape index (κ3) is 1.95. The van der Waals surface area contributed by atoms with E-state index >= 15 is 0 Å². The van der Waals surface area contributed by atoms with Gasteiger partial charge in [-0.1, -0.05) is 12.1 Å². The summed E-state index contributed by atoms with van der Waals surface area (Å²) in [6.45, 7) is 6.08. The summed E-state index contributed by atoms with van der Waals surface area (Å²) >= 11 is 0. The first-order valence-electron chi connectivity index (χ1n) is 5.67. The highest BCUT2D eigenvalue weighted by Crippen LogP contribution is 2.23. The zero-order valence-corrected chi connectivity index (χ0v) is 9.73. The number of fused-ring (bicyclic) bond motifs is 1. The molecule has 0 fully saturated rings. The predicted octanol–water partition coefficient (Wildman–Crippen LogP) is 2.15. The van der Waals surface area contributed by atoms with Gasteiger partial charge in [-0.15, -0.1) is 0 Å². The van der Waals surface area contributed by atoms with E-state index in [2.05, 4.69) is 18.7 Å². The fraction of sp³-hybridized carbons (Fsp3) is 0.462. The minimum Gasteiger partial charge on any atom is -0.478 e. The summed E-state index contributed by atoms with van der Waals surface area (Å²) in [5, 5.41) is 9.15. The topological polar surface area (TPSA) is 40.5 Å². The van der Waals surface area contributed by atoms with Crippen molar-refractivity contribution in [3.05, 3.63) is 34.9 Å². The van der Waals surface area contributed by atoms with Crippen molar-refractivity contribution in [1.29, 1.82) is 0 Å². The number of nitrogens with zero attached hydrogens (tertiary/aromatic N) is 1. The van der Waals surface area contributed by atoms with E-state index in [9.17, 15) is 4.79 Å². The summed E-state index contributed by atoms with van der Waals surface area (Å²) < 4.78 is 0. The summed E-state index contributed by atoms with van der Waals surface area (Å²) in [6.07, 6.45) is 0.953. The molecule has 0 aromatic heterocycles. The Hall–Kier alpha value is -1.35. The lowest BCUT2D eigenvalue weighted by Gasteiger charge is -2.32. The van der Waals surface area contributed by atoms with E-state index in [4.69, 9.17) is 5.11 Å². The second-order valence-corrected chi connectivity index (χ2v) is 4.56. The highest BCUT2D eigenvalue weighted by atomic mass is 16.4. The van der Waals surface area contributed by atoms with E-state index in [-0.39, 0.29) is 0 Å². The summed E-state index contributed by atoms with van der Waals surface area (Å²) in [7, 11) is 0. The highest BCUT2D eigenvalue weighted by Gasteiger charge is 2.22. The van der Waals surface area contributed by atoms with Gasteiger partial charge in [0.25, 0.3) is 0 Å². The second-order valence-electron chi connectivity index (χ2n) is 4.56. The van der Waals surface area contributed by atoms with E-state index < -0.39 is 5.97 Å². The number of hydrogen-bond donors (Lipinski definition) is 1. The lowest BCUT2D eigenvalue weighted by molar-refractivity contribution is 0.0692. The number of benzene rings is 1. The Kier molecular flexibility index (Phi) is 2.97. The fourth-order valence-corrected chi connectivity index (χ4v) is 2.24. The molecule has 16 heavy (non-hydrogen) atoms. The Labute approximate surface area is 95.7 Å². The molecule has 1 aliphatic heterocycles. The number of carboxylic acid groups (broad SMARTS) is 1. The maximum Gasteiger partial charge on any atom is 0.336 e. The largest absolute Gasteiger partial charge is 0.478 e. The Morgan fingerprint density at radius 3 is 2.81 bits per heavy atom. The fourth-order valence-electron chi connectivity index (χ4n) is 2.24. The van der Waals surface area contributed by atoms with Crippen LogP contribution in [0.1, 0.15) is 35.3 Å². The maximum absolute atomic E-state index is 11.1. The van der Waals surface area contributed by atoms with Crippen molar-refractivity contribution in [3.63, 3.8) is 0 Å². The molecule has 0 aliphatic carbocycles. The van der Waals surface area contributed by atoms with Crippen LogP contribution in [0.3, 0.4) is 0 Å².